The third-order valence-corrected chi connectivity index (χ3v) is 3.93. The van der Waals surface area contributed by atoms with Gasteiger partial charge in [0.1, 0.15) is 8.87 Å². The number of carbonyl (C=O) groups is 2. The molecule has 0 aliphatic carbocycles. The van der Waals surface area contributed by atoms with E-state index in [-0.39, 0.29) is 18.6 Å². The van der Waals surface area contributed by atoms with Crippen molar-refractivity contribution in [3.8, 4) is 0 Å². The van der Waals surface area contributed by atoms with E-state index in [2.05, 4.69) is 6.92 Å². The molecule has 6 heteroatoms. The normalized spacial score (nSPS) is 12.8. The lowest BCUT2D eigenvalue weighted by molar-refractivity contribution is -0.139. The van der Waals surface area contributed by atoms with E-state index in [1.165, 1.54) is 70.6 Å². The Bertz CT molecular complexity index is 345. The topological polar surface area (TPSA) is 121 Å². The van der Waals surface area contributed by atoms with Crippen LogP contribution in [0.5, 0.6) is 0 Å². The number of hydrogen-bond donors (Lipinski definition) is 4. The van der Waals surface area contributed by atoms with Crippen molar-refractivity contribution < 1.29 is 27.7 Å². The van der Waals surface area contributed by atoms with Gasteiger partial charge in [0.15, 0.2) is 0 Å². The molecule has 0 radical (unpaired) electrons. The summed E-state index contributed by atoms with van der Waals surface area (Å²) in [5, 5.41) is 25.2. The van der Waals surface area contributed by atoms with E-state index in [0.29, 0.717) is 6.61 Å². The minimum absolute atomic E-state index is 0.00866. The highest BCUT2D eigenvalue weighted by Gasteiger charge is 2.12. The first-order chi connectivity index (χ1) is 12.9. The second kappa shape index (κ2) is 20.9. The van der Waals surface area contributed by atoms with Gasteiger partial charge in [0.25, 0.3) is 0 Å². The SMILES string of the molecule is CCCCCCCCCCCCCCO.[2H]N([2H])[C@@H](CCC(=O)O)C(=O)O. The number of rotatable bonds is 17. The third kappa shape index (κ3) is 25.2. The molecule has 0 aromatic carbocycles. The van der Waals surface area contributed by atoms with E-state index in [9.17, 15) is 9.59 Å². The highest BCUT2D eigenvalue weighted by Crippen LogP contribution is 2.11. The third-order valence-electron chi connectivity index (χ3n) is 3.93. The Hall–Kier alpha value is -1.14. The maximum Gasteiger partial charge on any atom is 0.320 e. The van der Waals surface area contributed by atoms with Crippen LogP contribution < -0.4 is 5.72 Å². The quantitative estimate of drug-likeness (QED) is 0.290. The molecule has 0 bridgehead atoms. The Morgan fingerprint density at radius 2 is 1.32 bits per heavy atom. The number of nitrogens with two attached hydrogens (primary N) is 1. The van der Waals surface area contributed by atoms with Gasteiger partial charge in [-0.1, -0.05) is 77.6 Å². The van der Waals surface area contributed by atoms with Gasteiger partial charge in [0, 0.05) is 13.0 Å². The fraction of sp³-hybridized carbons (Fsp3) is 0.895. The molecule has 0 heterocycles. The monoisotopic (exact) mass is 363 g/mol. The predicted molar refractivity (Wildman–Crippen MR) is 101 cm³/mol. The van der Waals surface area contributed by atoms with Gasteiger partial charge in [-0.3, -0.25) is 9.59 Å². The molecule has 6 nitrogen and oxygen atoms in total. The number of carboxylic acids is 2. The smallest absolute Gasteiger partial charge is 0.320 e. The van der Waals surface area contributed by atoms with Gasteiger partial charge in [0.05, 0.1) is 0 Å². The summed E-state index contributed by atoms with van der Waals surface area (Å²) in [7, 11) is 0. The lowest BCUT2D eigenvalue weighted by Crippen LogP contribution is -2.30. The van der Waals surface area contributed by atoms with Gasteiger partial charge in [-0.2, -0.15) is 0 Å². The molecule has 0 aliphatic heterocycles. The molecular weight excluding hydrogens is 322 g/mol. The molecule has 0 amide bonds. The summed E-state index contributed by atoms with van der Waals surface area (Å²) in [5.74, 6) is -2.50. The van der Waals surface area contributed by atoms with Crippen molar-refractivity contribution in [2.75, 3.05) is 6.61 Å². The average molecular weight is 364 g/mol. The number of aliphatic hydroxyl groups excluding tert-OH is 1. The van der Waals surface area contributed by atoms with E-state index in [1.807, 2.05) is 0 Å². The molecular formula is C19H39NO5. The van der Waals surface area contributed by atoms with Gasteiger partial charge in [-0.25, -0.2) is 0 Å². The summed E-state index contributed by atoms with van der Waals surface area (Å²) in [6, 6.07) is -1.37. The standard InChI is InChI=1S/C14H30O.C5H9NO4/c1-2-3-4-5-6-7-8-9-10-11-12-13-14-15;6-3(5(9)10)1-2-4(7)8/h15H,2-14H2,1H3;3H,1-2,6H2,(H,7,8)(H,9,10)/t;3-/m.0/s1/i/hD2. The summed E-state index contributed by atoms with van der Waals surface area (Å²) in [4.78, 5) is 20.3. The van der Waals surface area contributed by atoms with Crippen molar-refractivity contribution in [1.29, 1.82) is 0 Å². The van der Waals surface area contributed by atoms with E-state index in [4.69, 9.17) is 18.1 Å². The van der Waals surface area contributed by atoms with Gasteiger partial charge >= 0.3 is 11.9 Å². The van der Waals surface area contributed by atoms with Gasteiger partial charge in [-0.15, -0.1) is 0 Å². The first kappa shape index (κ1) is 21.9. The summed E-state index contributed by atoms with van der Waals surface area (Å²) in [6.07, 6.45) is 15.7. The van der Waals surface area contributed by atoms with Crippen molar-refractivity contribution in [3.05, 3.63) is 0 Å². The molecule has 0 saturated heterocycles. The van der Waals surface area contributed by atoms with Crippen LogP contribution >= 0.6 is 0 Å². The van der Waals surface area contributed by atoms with Gasteiger partial charge in [0.2, 0.25) is 0 Å². The minimum Gasteiger partial charge on any atom is -0.481 e. The van der Waals surface area contributed by atoms with E-state index < -0.39 is 18.0 Å². The van der Waals surface area contributed by atoms with Crippen molar-refractivity contribution >= 4 is 11.9 Å². The second-order valence-corrected chi connectivity index (χ2v) is 6.40. The van der Waals surface area contributed by atoms with E-state index in [1.54, 1.807) is 0 Å². The molecule has 0 fully saturated rings. The first-order valence-electron chi connectivity index (χ1n) is 10.6. The van der Waals surface area contributed by atoms with Gasteiger partial charge < -0.3 is 21.0 Å². The summed E-state index contributed by atoms with van der Waals surface area (Å²) >= 11 is 0. The fourth-order valence-corrected chi connectivity index (χ4v) is 2.34. The first-order valence-corrected chi connectivity index (χ1v) is 9.69. The Kier molecular flexibility index (Phi) is 18.3. The lowest BCUT2D eigenvalue weighted by Gasteiger charge is -2.01. The molecule has 1 atom stereocenters. The average Bonchev–Trinajstić information content (AvgIpc) is 2.59. The molecule has 0 aromatic heterocycles. The van der Waals surface area contributed by atoms with Crippen LogP contribution in [0.25, 0.3) is 0 Å². The van der Waals surface area contributed by atoms with Crippen LogP contribution in [-0.2, 0) is 9.59 Å². The molecule has 5 N–H and O–H groups in total. The highest BCUT2D eigenvalue weighted by molar-refractivity contribution is 5.74. The zero-order valence-corrected chi connectivity index (χ0v) is 15.8. The summed E-state index contributed by atoms with van der Waals surface area (Å²) in [5.41, 5.74) is -0.00866. The molecule has 0 unspecified atom stereocenters. The van der Waals surface area contributed by atoms with Crippen LogP contribution in [0.15, 0.2) is 0 Å². The highest BCUT2D eigenvalue weighted by atomic mass is 16.4. The molecule has 0 aromatic rings. The van der Waals surface area contributed by atoms with E-state index >= 15 is 0 Å². The summed E-state index contributed by atoms with van der Waals surface area (Å²) in [6.45, 7) is 2.64. The van der Waals surface area contributed by atoms with Crippen LogP contribution in [0, 0.1) is 0 Å². The molecule has 25 heavy (non-hydrogen) atoms. The zero-order valence-electron chi connectivity index (χ0n) is 17.8. The Morgan fingerprint density at radius 1 is 0.880 bits per heavy atom. The van der Waals surface area contributed by atoms with Crippen LogP contribution in [-0.4, -0.2) is 39.9 Å². The number of aliphatic carboxylic acids is 2. The molecule has 150 valence electrons. The van der Waals surface area contributed by atoms with Crippen molar-refractivity contribution in [1.82, 2.24) is 0 Å². The van der Waals surface area contributed by atoms with Crippen molar-refractivity contribution in [3.63, 3.8) is 0 Å². The fourth-order valence-electron chi connectivity index (χ4n) is 2.34. The number of hydrogen-bond acceptors (Lipinski definition) is 4. The minimum atomic E-state index is -1.37. The van der Waals surface area contributed by atoms with Crippen molar-refractivity contribution in [2.24, 2.45) is 5.72 Å². The number of aliphatic hydroxyl groups is 1. The van der Waals surface area contributed by atoms with Crippen LogP contribution in [0.1, 0.15) is 96.8 Å². The van der Waals surface area contributed by atoms with Crippen LogP contribution in [0.4, 0.5) is 0 Å². The van der Waals surface area contributed by atoms with E-state index in [0.717, 1.165) is 6.42 Å². The van der Waals surface area contributed by atoms with Crippen LogP contribution in [0.3, 0.4) is 0 Å². The Balaban J connectivity index is 0. The molecule has 0 rings (SSSR count). The maximum atomic E-state index is 10.3. The van der Waals surface area contributed by atoms with Crippen molar-refractivity contribution in [2.45, 2.75) is 103 Å². The Labute approximate surface area is 155 Å². The Morgan fingerprint density at radius 3 is 1.64 bits per heavy atom. The largest absolute Gasteiger partial charge is 0.481 e. The lowest BCUT2D eigenvalue weighted by atomic mass is 10.1. The maximum absolute atomic E-state index is 10.3. The molecule has 0 spiro atoms. The second-order valence-electron chi connectivity index (χ2n) is 6.40. The number of carboxylic acid groups (broad SMARTS) is 2. The summed E-state index contributed by atoms with van der Waals surface area (Å²) < 4.78 is 13.3. The molecule has 0 aliphatic rings. The zero-order chi connectivity index (χ0) is 20.9. The van der Waals surface area contributed by atoms with Crippen LogP contribution in [0.2, 0.25) is 2.82 Å². The van der Waals surface area contributed by atoms with Gasteiger partial charge in [-0.05, 0) is 12.8 Å². The number of unbranched alkanes of at least 4 members (excludes halogenated alkanes) is 11. The predicted octanol–water partition coefficient (Wildman–Crippen LogP) is 3.94. The molecule has 0 saturated carbocycles.